The van der Waals surface area contributed by atoms with Gasteiger partial charge in [0.2, 0.25) is 0 Å². The molecule has 1 aromatic heterocycles. The second-order valence-electron chi connectivity index (χ2n) is 3.78. The van der Waals surface area contributed by atoms with Gasteiger partial charge in [-0.15, -0.1) is 0 Å². The van der Waals surface area contributed by atoms with Crippen molar-refractivity contribution in [2.75, 3.05) is 11.9 Å². The minimum Gasteiger partial charge on any atom is -0.391 e. The quantitative estimate of drug-likeness (QED) is 0.836. The van der Waals surface area contributed by atoms with Gasteiger partial charge in [-0.2, -0.15) is 5.26 Å². The van der Waals surface area contributed by atoms with Crippen LogP contribution in [0.15, 0.2) is 0 Å². The Morgan fingerprint density at radius 1 is 1.53 bits per heavy atom. The van der Waals surface area contributed by atoms with Gasteiger partial charge in [0.05, 0.1) is 6.10 Å². The van der Waals surface area contributed by atoms with Crippen LogP contribution >= 0.6 is 22.9 Å². The first-order chi connectivity index (χ1) is 8.12. The van der Waals surface area contributed by atoms with Gasteiger partial charge in [0.15, 0.2) is 10.3 Å². The van der Waals surface area contributed by atoms with E-state index >= 15 is 0 Å². The van der Waals surface area contributed by atoms with Crippen LogP contribution in [0.2, 0.25) is 5.15 Å². The molecule has 0 aliphatic rings. The molecule has 0 spiro atoms. The van der Waals surface area contributed by atoms with E-state index in [-0.39, 0.29) is 11.1 Å². The van der Waals surface area contributed by atoms with Crippen LogP contribution in [0.1, 0.15) is 31.6 Å². The number of hydrogen-bond donors (Lipinski definition) is 2. The van der Waals surface area contributed by atoms with Gasteiger partial charge in [-0.05, 0) is 5.92 Å². The molecule has 0 aliphatic carbocycles. The van der Waals surface area contributed by atoms with Crippen molar-refractivity contribution in [1.29, 1.82) is 5.26 Å². The molecule has 0 amide bonds. The fraction of sp³-hybridized carbons (Fsp3) is 0.636. The molecular weight excluding hydrogens is 258 g/mol. The summed E-state index contributed by atoms with van der Waals surface area (Å²) in [5.74, 6) is 0.286. The van der Waals surface area contributed by atoms with E-state index in [1.807, 2.05) is 6.07 Å². The number of halogens is 1. The number of rotatable bonds is 6. The van der Waals surface area contributed by atoms with E-state index in [2.05, 4.69) is 24.1 Å². The lowest BCUT2D eigenvalue weighted by Crippen LogP contribution is -2.27. The third-order valence-corrected chi connectivity index (χ3v) is 4.05. The topological polar surface area (TPSA) is 68.9 Å². The monoisotopic (exact) mass is 273 g/mol. The second-order valence-corrected chi connectivity index (χ2v) is 5.13. The summed E-state index contributed by atoms with van der Waals surface area (Å²) < 4.78 is 0. The SMILES string of the molecule is CCC(CC)C(O)CNc1nc(Cl)c(C#N)s1. The lowest BCUT2D eigenvalue weighted by atomic mass is 9.97. The Hall–Kier alpha value is -0.830. The van der Waals surface area contributed by atoms with Crippen molar-refractivity contribution in [2.45, 2.75) is 32.8 Å². The molecule has 0 saturated carbocycles. The molecule has 17 heavy (non-hydrogen) atoms. The Kier molecular flexibility index (Phi) is 5.69. The van der Waals surface area contributed by atoms with Gasteiger partial charge in [-0.3, -0.25) is 0 Å². The number of aliphatic hydroxyl groups is 1. The van der Waals surface area contributed by atoms with E-state index in [0.29, 0.717) is 16.6 Å². The van der Waals surface area contributed by atoms with Gasteiger partial charge in [-0.1, -0.05) is 49.6 Å². The number of aromatic nitrogens is 1. The molecule has 1 rings (SSSR count). The molecule has 1 unspecified atom stereocenters. The summed E-state index contributed by atoms with van der Waals surface area (Å²) in [7, 11) is 0. The average molecular weight is 274 g/mol. The molecule has 0 aromatic carbocycles. The van der Waals surface area contributed by atoms with Crippen LogP contribution in [0, 0.1) is 17.2 Å². The first-order valence-electron chi connectivity index (χ1n) is 5.60. The van der Waals surface area contributed by atoms with Crippen molar-refractivity contribution in [2.24, 2.45) is 5.92 Å². The third kappa shape index (κ3) is 3.84. The third-order valence-electron chi connectivity index (χ3n) is 2.74. The molecule has 4 nitrogen and oxygen atoms in total. The Morgan fingerprint density at radius 3 is 2.65 bits per heavy atom. The molecular formula is C11H16ClN3OS. The van der Waals surface area contributed by atoms with Crippen molar-refractivity contribution in [3.05, 3.63) is 10.0 Å². The summed E-state index contributed by atoms with van der Waals surface area (Å²) in [4.78, 5) is 4.40. The average Bonchev–Trinajstić information content (AvgIpc) is 2.69. The molecule has 0 bridgehead atoms. The fourth-order valence-corrected chi connectivity index (χ4v) is 2.59. The first kappa shape index (κ1) is 14.2. The number of nitrogens with zero attached hydrogens (tertiary/aromatic N) is 2. The number of nitriles is 1. The van der Waals surface area contributed by atoms with Crippen LogP contribution in [0.3, 0.4) is 0 Å². The van der Waals surface area contributed by atoms with Gasteiger partial charge in [-0.25, -0.2) is 4.98 Å². The van der Waals surface area contributed by atoms with Crippen molar-refractivity contribution in [1.82, 2.24) is 4.98 Å². The van der Waals surface area contributed by atoms with E-state index < -0.39 is 6.10 Å². The van der Waals surface area contributed by atoms with Crippen molar-refractivity contribution in [3.8, 4) is 6.07 Å². The number of nitrogens with one attached hydrogen (secondary N) is 1. The Bertz CT molecular complexity index is 398. The first-order valence-corrected chi connectivity index (χ1v) is 6.80. The molecule has 1 aromatic rings. The maximum atomic E-state index is 9.92. The maximum Gasteiger partial charge on any atom is 0.185 e. The zero-order valence-corrected chi connectivity index (χ0v) is 11.5. The molecule has 2 N–H and O–H groups in total. The number of hydrogen-bond acceptors (Lipinski definition) is 5. The molecule has 0 fully saturated rings. The summed E-state index contributed by atoms with van der Waals surface area (Å²) in [6.07, 6.45) is 1.49. The van der Waals surface area contributed by atoms with Crippen molar-refractivity contribution < 1.29 is 5.11 Å². The highest BCUT2D eigenvalue weighted by atomic mass is 35.5. The van der Waals surface area contributed by atoms with Crippen LogP contribution in [0.5, 0.6) is 0 Å². The van der Waals surface area contributed by atoms with E-state index in [0.717, 1.165) is 12.8 Å². The Balaban J connectivity index is 2.53. The van der Waals surface area contributed by atoms with Gasteiger partial charge in [0, 0.05) is 6.54 Å². The second kappa shape index (κ2) is 6.80. The number of thiazole rings is 1. The van der Waals surface area contributed by atoms with Gasteiger partial charge in [0.25, 0.3) is 0 Å². The van der Waals surface area contributed by atoms with Crippen LogP contribution in [-0.2, 0) is 0 Å². The molecule has 0 saturated heterocycles. The largest absolute Gasteiger partial charge is 0.391 e. The van der Waals surface area contributed by atoms with Gasteiger partial charge < -0.3 is 10.4 Å². The minimum atomic E-state index is -0.404. The summed E-state index contributed by atoms with van der Waals surface area (Å²) in [5, 5.41) is 22.5. The summed E-state index contributed by atoms with van der Waals surface area (Å²) in [5.41, 5.74) is 0. The van der Waals surface area contributed by atoms with Gasteiger partial charge >= 0.3 is 0 Å². The Morgan fingerprint density at radius 2 is 2.18 bits per heavy atom. The minimum absolute atomic E-state index is 0.219. The zero-order chi connectivity index (χ0) is 12.8. The van der Waals surface area contributed by atoms with Gasteiger partial charge in [0.1, 0.15) is 10.9 Å². The predicted octanol–water partition coefficient (Wildman–Crippen LogP) is 2.88. The van der Waals surface area contributed by atoms with E-state index in [9.17, 15) is 5.11 Å². The lowest BCUT2D eigenvalue weighted by molar-refractivity contribution is 0.114. The van der Waals surface area contributed by atoms with E-state index in [1.165, 1.54) is 11.3 Å². The van der Waals surface area contributed by atoms with E-state index in [4.69, 9.17) is 16.9 Å². The molecule has 6 heteroatoms. The fourth-order valence-electron chi connectivity index (χ4n) is 1.64. The number of aliphatic hydroxyl groups excluding tert-OH is 1. The normalized spacial score (nSPS) is 12.5. The highest BCUT2D eigenvalue weighted by molar-refractivity contribution is 7.16. The van der Waals surface area contributed by atoms with Crippen molar-refractivity contribution >= 4 is 28.1 Å². The highest BCUT2D eigenvalue weighted by Crippen LogP contribution is 2.26. The lowest BCUT2D eigenvalue weighted by Gasteiger charge is -2.19. The molecule has 94 valence electrons. The number of anilines is 1. The molecule has 0 radical (unpaired) electrons. The Labute approximate surface area is 110 Å². The van der Waals surface area contributed by atoms with Crippen LogP contribution in [0.25, 0.3) is 0 Å². The molecule has 1 heterocycles. The summed E-state index contributed by atoms with van der Waals surface area (Å²) in [6, 6.07) is 1.97. The molecule has 1 atom stereocenters. The highest BCUT2D eigenvalue weighted by Gasteiger charge is 2.16. The smallest absolute Gasteiger partial charge is 0.185 e. The summed E-state index contributed by atoms with van der Waals surface area (Å²) in [6.45, 7) is 4.55. The van der Waals surface area contributed by atoms with Crippen LogP contribution < -0.4 is 5.32 Å². The zero-order valence-electron chi connectivity index (χ0n) is 9.90. The van der Waals surface area contributed by atoms with Crippen molar-refractivity contribution in [3.63, 3.8) is 0 Å². The van der Waals surface area contributed by atoms with E-state index in [1.54, 1.807) is 0 Å². The standard InChI is InChI=1S/C11H16ClN3OS/c1-3-7(4-2)8(16)6-14-11-15-10(12)9(5-13)17-11/h7-8,16H,3-4,6H2,1-2H3,(H,14,15). The predicted molar refractivity (Wildman–Crippen MR) is 70.4 cm³/mol. The molecule has 0 aliphatic heterocycles. The summed E-state index contributed by atoms with van der Waals surface area (Å²) >= 11 is 6.95. The maximum absolute atomic E-state index is 9.92. The van der Waals surface area contributed by atoms with Crippen LogP contribution in [-0.4, -0.2) is 22.7 Å². The van der Waals surface area contributed by atoms with Crippen LogP contribution in [0.4, 0.5) is 5.13 Å².